The van der Waals surface area contributed by atoms with Gasteiger partial charge < -0.3 is 20.3 Å². The smallest absolute Gasteiger partial charge is 0.416 e. The van der Waals surface area contributed by atoms with Gasteiger partial charge in [0.1, 0.15) is 0 Å². The van der Waals surface area contributed by atoms with Gasteiger partial charge in [0, 0.05) is 11.0 Å². The first-order valence-electron chi connectivity index (χ1n) is 7.18. The van der Waals surface area contributed by atoms with Crippen molar-refractivity contribution in [2.24, 2.45) is 0 Å². The largest absolute Gasteiger partial charge is 0.449 e. The van der Waals surface area contributed by atoms with Crippen molar-refractivity contribution in [1.29, 1.82) is 0 Å². The quantitative estimate of drug-likeness (QED) is 0.584. The summed E-state index contributed by atoms with van der Waals surface area (Å²) in [5.74, 6) is -4.12. The Kier molecular flexibility index (Phi) is 6.43. The van der Waals surface area contributed by atoms with E-state index in [0.29, 0.717) is 4.47 Å². The lowest BCUT2D eigenvalue weighted by Crippen LogP contribution is -2.23. The number of hydrogen-bond acceptors (Lipinski definition) is 4. The van der Waals surface area contributed by atoms with Crippen molar-refractivity contribution in [3.05, 3.63) is 52.0 Å². The van der Waals surface area contributed by atoms with E-state index >= 15 is 0 Å². The Balaban J connectivity index is 2.34. The Morgan fingerprint density at radius 3 is 2.27 bits per heavy atom. The summed E-state index contributed by atoms with van der Waals surface area (Å²) < 4.78 is 71.3. The van der Waals surface area contributed by atoms with Gasteiger partial charge in [-0.25, -0.2) is 8.78 Å². The second kappa shape index (κ2) is 8.19. The highest BCUT2D eigenvalue weighted by Gasteiger charge is 2.33. The number of aliphatic hydroxyl groups is 2. The van der Waals surface area contributed by atoms with Crippen molar-refractivity contribution in [3.63, 3.8) is 0 Å². The van der Waals surface area contributed by atoms with Crippen molar-refractivity contribution in [2.45, 2.75) is 12.3 Å². The fourth-order valence-corrected chi connectivity index (χ4v) is 2.29. The molecule has 0 saturated heterocycles. The molecule has 0 heterocycles. The van der Waals surface area contributed by atoms with Crippen LogP contribution in [0.4, 0.5) is 27.6 Å². The highest BCUT2D eigenvalue weighted by Crippen LogP contribution is 2.38. The van der Waals surface area contributed by atoms with E-state index in [1.54, 1.807) is 6.07 Å². The van der Waals surface area contributed by atoms with Crippen molar-refractivity contribution in [3.8, 4) is 11.5 Å². The molecule has 0 amide bonds. The van der Waals surface area contributed by atoms with Crippen LogP contribution in [0, 0.1) is 11.6 Å². The molecular formula is C16H13BrF5NO3. The van der Waals surface area contributed by atoms with Gasteiger partial charge in [0.25, 0.3) is 0 Å². The molecule has 0 radical (unpaired) electrons. The molecule has 2 rings (SSSR count). The fraction of sp³-hybridized carbons (Fsp3) is 0.250. The van der Waals surface area contributed by atoms with Crippen LogP contribution >= 0.6 is 15.9 Å². The second-order valence-corrected chi connectivity index (χ2v) is 6.14. The van der Waals surface area contributed by atoms with Crippen LogP contribution in [0.1, 0.15) is 5.56 Å². The van der Waals surface area contributed by atoms with Crippen molar-refractivity contribution in [2.75, 3.05) is 18.5 Å². The number of alkyl halides is 3. The third-order valence-electron chi connectivity index (χ3n) is 3.22. The molecule has 0 aliphatic heterocycles. The molecule has 0 saturated carbocycles. The minimum atomic E-state index is -4.90. The molecule has 0 aliphatic carbocycles. The SMILES string of the molecule is OCC(O)CNc1ccc(Br)cc1Oc1c(F)cc(C(F)(F)F)cc1F. The number of anilines is 1. The van der Waals surface area contributed by atoms with Gasteiger partial charge in [-0.1, -0.05) is 15.9 Å². The average Bonchev–Trinajstić information content (AvgIpc) is 2.55. The predicted molar refractivity (Wildman–Crippen MR) is 87.2 cm³/mol. The molecule has 2 aromatic carbocycles. The van der Waals surface area contributed by atoms with Gasteiger partial charge in [0.2, 0.25) is 0 Å². The Bertz CT molecular complexity index is 762. The fourth-order valence-electron chi connectivity index (χ4n) is 1.95. The van der Waals surface area contributed by atoms with E-state index in [1.807, 2.05) is 0 Å². The van der Waals surface area contributed by atoms with Crippen LogP contribution in [-0.4, -0.2) is 29.5 Å². The number of hydrogen-bond donors (Lipinski definition) is 3. The monoisotopic (exact) mass is 441 g/mol. The number of benzene rings is 2. The first-order chi connectivity index (χ1) is 12.1. The normalized spacial score (nSPS) is 12.8. The molecule has 0 bridgehead atoms. The van der Waals surface area contributed by atoms with Crippen molar-refractivity contribution >= 4 is 21.6 Å². The minimum Gasteiger partial charge on any atom is -0.449 e. The lowest BCUT2D eigenvalue weighted by atomic mass is 10.2. The number of ether oxygens (including phenoxy) is 1. The number of nitrogens with one attached hydrogen (secondary N) is 1. The minimum absolute atomic E-state index is 0.0908. The van der Waals surface area contributed by atoms with Gasteiger partial charge in [-0.3, -0.25) is 0 Å². The Labute approximate surface area is 153 Å². The second-order valence-electron chi connectivity index (χ2n) is 5.23. The molecule has 4 nitrogen and oxygen atoms in total. The molecule has 1 atom stereocenters. The first kappa shape index (κ1) is 20.4. The Hall–Kier alpha value is -1.91. The zero-order chi connectivity index (χ0) is 19.5. The van der Waals surface area contributed by atoms with E-state index in [2.05, 4.69) is 21.2 Å². The Morgan fingerprint density at radius 1 is 1.12 bits per heavy atom. The number of aliphatic hydroxyl groups excluding tert-OH is 2. The van der Waals surface area contributed by atoms with E-state index in [-0.39, 0.29) is 30.1 Å². The van der Waals surface area contributed by atoms with Crippen LogP contribution < -0.4 is 10.1 Å². The van der Waals surface area contributed by atoms with Crippen LogP contribution in [-0.2, 0) is 6.18 Å². The maximum atomic E-state index is 14.0. The maximum Gasteiger partial charge on any atom is 0.416 e. The molecule has 2 aromatic rings. The topological polar surface area (TPSA) is 61.7 Å². The highest BCUT2D eigenvalue weighted by molar-refractivity contribution is 9.10. The summed E-state index contributed by atoms with van der Waals surface area (Å²) in [6.07, 6.45) is -5.99. The molecule has 3 N–H and O–H groups in total. The lowest BCUT2D eigenvalue weighted by Gasteiger charge is -2.16. The zero-order valence-electron chi connectivity index (χ0n) is 12.9. The Morgan fingerprint density at radius 2 is 1.73 bits per heavy atom. The number of halogens is 6. The van der Waals surface area contributed by atoms with E-state index in [0.717, 1.165) is 0 Å². The van der Waals surface area contributed by atoms with Crippen LogP contribution in [0.2, 0.25) is 0 Å². The summed E-state index contributed by atoms with van der Waals surface area (Å²) in [6.45, 7) is -0.603. The van der Waals surface area contributed by atoms with Gasteiger partial charge in [-0.15, -0.1) is 0 Å². The summed E-state index contributed by atoms with van der Waals surface area (Å²) in [6, 6.07) is 4.64. The highest BCUT2D eigenvalue weighted by atomic mass is 79.9. The standard InChI is InChI=1S/C16H13BrF5NO3/c17-9-1-2-13(23-6-10(25)7-24)14(5-9)26-15-11(18)3-8(4-12(15)19)16(20,21)22/h1-5,10,23-25H,6-7H2. The van der Waals surface area contributed by atoms with Crippen LogP contribution in [0.15, 0.2) is 34.8 Å². The van der Waals surface area contributed by atoms with Gasteiger partial charge in [0.05, 0.1) is 24.0 Å². The summed E-state index contributed by atoms with van der Waals surface area (Å²) in [5, 5.41) is 20.9. The van der Waals surface area contributed by atoms with Crippen LogP contribution in [0.3, 0.4) is 0 Å². The third-order valence-corrected chi connectivity index (χ3v) is 3.71. The molecule has 1 unspecified atom stereocenters. The molecule has 0 aliphatic rings. The molecule has 0 fully saturated rings. The van der Waals surface area contributed by atoms with E-state index < -0.39 is 41.8 Å². The molecule has 10 heteroatoms. The summed E-state index contributed by atoms with van der Waals surface area (Å²) in [4.78, 5) is 0. The van der Waals surface area contributed by atoms with Crippen molar-refractivity contribution in [1.82, 2.24) is 0 Å². The lowest BCUT2D eigenvalue weighted by molar-refractivity contribution is -0.138. The van der Waals surface area contributed by atoms with Gasteiger partial charge in [-0.2, -0.15) is 13.2 Å². The summed E-state index contributed by atoms with van der Waals surface area (Å²) >= 11 is 3.14. The maximum absolute atomic E-state index is 14.0. The first-order valence-corrected chi connectivity index (χ1v) is 7.97. The molecule has 0 spiro atoms. The van der Waals surface area contributed by atoms with E-state index in [1.165, 1.54) is 12.1 Å². The van der Waals surface area contributed by atoms with Crippen LogP contribution in [0.5, 0.6) is 11.5 Å². The van der Waals surface area contributed by atoms with Crippen molar-refractivity contribution < 1.29 is 36.9 Å². The molecule has 26 heavy (non-hydrogen) atoms. The molecular weight excluding hydrogens is 429 g/mol. The van der Waals surface area contributed by atoms with Gasteiger partial charge >= 0.3 is 6.18 Å². The average molecular weight is 442 g/mol. The van der Waals surface area contributed by atoms with E-state index in [9.17, 15) is 27.1 Å². The van der Waals surface area contributed by atoms with Gasteiger partial charge in [-0.05, 0) is 30.3 Å². The third kappa shape index (κ3) is 5.05. The summed E-state index contributed by atoms with van der Waals surface area (Å²) in [5.41, 5.74) is -1.27. The number of rotatable bonds is 6. The predicted octanol–water partition coefficient (Wildman–Crippen LogP) is 4.30. The van der Waals surface area contributed by atoms with Crippen LogP contribution in [0.25, 0.3) is 0 Å². The van der Waals surface area contributed by atoms with E-state index in [4.69, 9.17) is 9.84 Å². The zero-order valence-corrected chi connectivity index (χ0v) is 14.5. The molecule has 142 valence electrons. The van der Waals surface area contributed by atoms with Gasteiger partial charge in [0.15, 0.2) is 23.1 Å². The summed E-state index contributed by atoms with van der Waals surface area (Å²) in [7, 11) is 0. The molecule has 0 aromatic heterocycles.